The molecule has 1 aromatic rings. The standard InChI is InChI=1S/C18H24N2O5/c1-10-3-14(25-20-10)19-15(21)11(2)24-16(22)17-5-12-4-13(6-17)8-18(23,7-12)9-17/h3,11-13,23H,4-9H2,1-2H3,(H,19,21)/t11-,12-,13-,17?,18?/m1/s1. The molecule has 4 aliphatic rings. The van der Waals surface area contributed by atoms with Crippen LogP contribution in [0.1, 0.15) is 51.1 Å². The van der Waals surface area contributed by atoms with Gasteiger partial charge in [-0.1, -0.05) is 5.16 Å². The number of aryl methyl sites for hydroxylation is 1. The highest BCUT2D eigenvalue weighted by molar-refractivity contribution is 5.94. The van der Waals surface area contributed by atoms with Gasteiger partial charge in [-0.05, 0) is 64.2 Å². The van der Waals surface area contributed by atoms with Crippen LogP contribution in [-0.2, 0) is 14.3 Å². The van der Waals surface area contributed by atoms with Gasteiger partial charge in [0.2, 0.25) is 5.88 Å². The van der Waals surface area contributed by atoms with Crippen molar-refractivity contribution in [3.8, 4) is 0 Å². The molecular formula is C18H24N2O5. The number of carbonyl (C=O) groups excluding carboxylic acids is 2. The summed E-state index contributed by atoms with van der Waals surface area (Å²) in [5.41, 5.74) is -0.705. The third-order valence-corrected chi connectivity index (χ3v) is 5.99. The van der Waals surface area contributed by atoms with E-state index in [2.05, 4.69) is 10.5 Å². The maximum Gasteiger partial charge on any atom is 0.312 e. The third kappa shape index (κ3) is 2.94. The molecule has 3 atom stereocenters. The van der Waals surface area contributed by atoms with Crippen molar-refractivity contribution in [3.63, 3.8) is 0 Å². The van der Waals surface area contributed by atoms with E-state index in [1.807, 2.05) is 0 Å². The van der Waals surface area contributed by atoms with Gasteiger partial charge in [-0.15, -0.1) is 0 Å². The highest BCUT2D eigenvalue weighted by atomic mass is 16.5. The SMILES string of the molecule is Cc1cc(NC(=O)[C@@H](C)OC(=O)C23C[C@H]4C[C@@H](CC(O)(C4)C2)C3)on1. The first-order chi connectivity index (χ1) is 11.8. The summed E-state index contributed by atoms with van der Waals surface area (Å²) in [5.74, 6) is 0.207. The zero-order chi connectivity index (χ0) is 17.8. The number of carbonyl (C=O) groups is 2. The van der Waals surface area contributed by atoms with Crippen LogP contribution in [0, 0.1) is 24.2 Å². The maximum atomic E-state index is 12.9. The zero-order valence-electron chi connectivity index (χ0n) is 14.6. The number of nitrogens with one attached hydrogen (secondary N) is 1. The Kier molecular flexibility index (Phi) is 3.68. The summed E-state index contributed by atoms with van der Waals surface area (Å²) in [6.07, 6.45) is 3.74. The summed E-state index contributed by atoms with van der Waals surface area (Å²) >= 11 is 0. The minimum Gasteiger partial charge on any atom is -0.452 e. The molecule has 0 saturated heterocycles. The van der Waals surface area contributed by atoms with E-state index < -0.39 is 23.0 Å². The third-order valence-electron chi connectivity index (χ3n) is 5.99. The van der Waals surface area contributed by atoms with Gasteiger partial charge in [0.25, 0.3) is 5.91 Å². The number of aromatic nitrogens is 1. The lowest BCUT2D eigenvalue weighted by Crippen LogP contribution is -2.59. The average Bonchev–Trinajstić information content (AvgIpc) is 2.89. The molecule has 0 aliphatic heterocycles. The van der Waals surface area contributed by atoms with Gasteiger partial charge in [0, 0.05) is 6.07 Å². The van der Waals surface area contributed by atoms with Crippen molar-refractivity contribution in [2.75, 3.05) is 5.32 Å². The van der Waals surface area contributed by atoms with Crippen LogP contribution >= 0.6 is 0 Å². The second-order valence-electron chi connectivity index (χ2n) is 8.34. The molecule has 4 saturated carbocycles. The topological polar surface area (TPSA) is 102 Å². The van der Waals surface area contributed by atoms with E-state index >= 15 is 0 Å². The molecule has 7 heteroatoms. The predicted octanol–water partition coefficient (Wildman–Crippen LogP) is 2.18. The van der Waals surface area contributed by atoms with Crippen molar-refractivity contribution in [1.29, 1.82) is 0 Å². The molecular weight excluding hydrogens is 324 g/mol. The molecule has 7 nitrogen and oxygen atoms in total. The number of hydrogen-bond acceptors (Lipinski definition) is 6. The molecule has 0 unspecified atom stereocenters. The Labute approximate surface area is 146 Å². The summed E-state index contributed by atoms with van der Waals surface area (Å²) in [5, 5.41) is 17.0. The molecule has 2 N–H and O–H groups in total. The Hall–Kier alpha value is -1.89. The van der Waals surface area contributed by atoms with Crippen LogP contribution in [0.3, 0.4) is 0 Å². The van der Waals surface area contributed by atoms with Crippen molar-refractivity contribution in [2.45, 2.75) is 64.1 Å². The summed E-state index contributed by atoms with van der Waals surface area (Å²) in [4.78, 5) is 25.1. The molecule has 5 rings (SSSR count). The molecule has 4 aliphatic carbocycles. The second kappa shape index (κ2) is 5.56. The van der Waals surface area contributed by atoms with Crippen LogP contribution in [0.2, 0.25) is 0 Å². The molecule has 1 heterocycles. The van der Waals surface area contributed by atoms with E-state index in [1.54, 1.807) is 19.9 Å². The molecule has 0 aromatic carbocycles. The monoisotopic (exact) mass is 348 g/mol. The average molecular weight is 348 g/mol. The molecule has 4 fully saturated rings. The number of esters is 1. The Balaban J connectivity index is 1.42. The second-order valence-corrected chi connectivity index (χ2v) is 8.34. The quantitative estimate of drug-likeness (QED) is 0.809. The van der Waals surface area contributed by atoms with Crippen LogP contribution in [0.5, 0.6) is 0 Å². The van der Waals surface area contributed by atoms with Crippen molar-refractivity contribution in [2.24, 2.45) is 17.3 Å². The van der Waals surface area contributed by atoms with Gasteiger partial charge >= 0.3 is 5.97 Å². The molecule has 136 valence electrons. The number of aliphatic hydroxyl groups is 1. The van der Waals surface area contributed by atoms with Crippen LogP contribution in [0.15, 0.2) is 10.6 Å². The zero-order valence-corrected chi connectivity index (χ0v) is 14.6. The molecule has 4 bridgehead atoms. The van der Waals surface area contributed by atoms with E-state index in [-0.39, 0.29) is 11.9 Å². The van der Waals surface area contributed by atoms with Gasteiger partial charge in [-0.25, -0.2) is 0 Å². The lowest BCUT2D eigenvalue weighted by molar-refractivity contribution is -0.199. The Morgan fingerprint density at radius 1 is 1.36 bits per heavy atom. The first-order valence-electron chi connectivity index (χ1n) is 8.95. The molecule has 1 aromatic heterocycles. The van der Waals surface area contributed by atoms with Crippen molar-refractivity contribution in [3.05, 3.63) is 11.8 Å². The van der Waals surface area contributed by atoms with Gasteiger partial charge < -0.3 is 14.4 Å². The number of nitrogens with zero attached hydrogens (tertiary/aromatic N) is 1. The van der Waals surface area contributed by atoms with Crippen molar-refractivity contribution in [1.82, 2.24) is 5.16 Å². The lowest BCUT2D eigenvalue weighted by Gasteiger charge is -2.58. The fraction of sp³-hybridized carbons (Fsp3) is 0.722. The van der Waals surface area contributed by atoms with Crippen molar-refractivity contribution >= 4 is 17.8 Å². The fourth-order valence-corrected chi connectivity index (χ4v) is 5.44. The smallest absolute Gasteiger partial charge is 0.312 e. The minimum atomic E-state index is -0.930. The van der Waals surface area contributed by atoms with Gasteiger partial charge in [0.05, 0.1) is 16.7 Å². The van der Waals surface area contributed by atoms with Crippen LogP contribution < -0.4 is 5.32 Å². The predicted molar refractivity (Wildman–Crippen MR) is 87.5 cm³/mol. The molecule has 25 heavy (non-hydrogen) atoms. The van der Waals surface area contributed by atoms with Gasteiger partial charge in [0.1, 0.15) is 0 Å². The first-order valence-corrected chi connectivity index (χ1v) is 8.95. The Morgan fingerprint density at radius 3 is 2.60 bits per heavy atom. The maximum absolute atomic E-state index is 12.9. The summed E-state index contributed by atoms with van der Waals surface area (Å²) in [6.45, 7) is 3.30. The van der Waals surface area contributed by atoms with E-state index in [4.69, 9.17) is 9.26 Å². The van der Waals surface area contributed by atoms with E-state index in [1.165, 1.54) is 0 Å². The van der Waals surface area contributed by atoms with E-state index in [9.17, 15) is 14.7 Å². The highest BCUT2D eigenvalue weighted by Crippen LogP contribution is 2.62. The van der Waals surface area contributed by atoms with Crippen LogP contribution in [-0.4, -0.2) is 33.8 Å². The fourth-order valence-electron chi connectivity index (χ4n) is 5.44. The van der Waals surface area contributed by atoms with Gasteiger partial charge in [0.15, 0.2) is 6.10 Å². The summed E-state index contributed by atoms with van der Waals surface area (Å²) in [6, 6.07) is 1.60. The normalized spacial score (nSPS) is 36.9. The van der Waals surface area contributed by atoms with E-state index in [0.29, 0.717) is 24.0 Å². The number of hydrogen-bond donors (Lipinski definition) is 2. The number of anilines is 1. The summed E-state index contributed by atoms with van der Waals surface area (Å²) < 4.78 is 10.4. The summed E-state index contributed by atoms with van der Waals surface area (Å²) in [7, 11) is 0. The minimum absolute atomic E-state index is 0.231. The Morgan fingerprint density at radius 2 is 2.04 bits per heavy atom. The number of amides is 1. The largest absolute Gasteiger partial charge is 0.452 e. The molecule has 0 radical (unpaired) electrons. The van der Waals surface area contributed by atoms with Gasteiger partial charge in [-0.3, -0.25) is 14.9 Å². The van der Waals surface area contributed by atoms with Gasteiger partial charge in [-0.2, -0.15) is 0 Å². The highest BCUT2D eigenvalue weighted by Gasteiger charge is 2.61. The number of rotatable bonds is 4. The molecule has 1 amide bonds. The lowest BCUT2D eigenvalue weighted by atomic mass is 9.48. The van der Waals surface area contributed by atoms with Crippen molar-refractivity contribution < 1.29 is 24.0 Å². The molecule has 0 spiro atoms. The number of ether oxygens (including phenoxy) is 1. The first kappa shape index (κ1) is 16.6. The van der Waals surface area contributed by atoms with Crippen LogP contribution in [0.4, 0.5) is 5.88 Å². The Bertz CT molecular complexity index is 698. The van der Waals surface area contributed by atoms with E-state index in [0.717, 1.165) is 32.1 Å². The van der Waals surface area contributed by atoms with Crippen LogP contribution in [0.25, 0.3) is 0 Å².